The number of benzene rings is 1. The van der Waals surface area contributed by atoms with Crippen LogP contribution in [-0.2, 0) is 0 Å². The van der Waals surface area contributed by atoms with Gasteiger partial charge in [-0.2, -0.15) is 10.4 Å². The van der Waals surface area contributed by atoms with E-state index < -0.39 is 0 Å². The number of aromatic nitrogens is 3. The number of H-pyrrole nitrogens is 1. The zero-order chi connectivity index (χ0) is 11.7. The molecule has 0 aliphatic carbocycles. The third-order valence-corrected chi connectivity index (χ3v) is 2.65. The number of para-hydroxylation sites is 1. The first-order chi connectivity index (χ1) is 8.40. The molecule has 0 atom stereocenters. The van der Waals surface area contributed by atoms with Crippen LogP contribution < -0.4 is 0 Å². The summed E-state index contributed by atoms with van der Waals surface area (Å²) in [4.78, 5) is 4.07. The van der Waals surface area contributed by atoms with Crippen LogP contribution in [0.15, 0.2) is 42.7 Å². The van der Waals surface area contributed by atoms with Crippen molar-refractivity contribution < 1.29 is 0 Å². The lowest BCUT2D eigenvalue weighted by molar-refractivity contribution is 1.12. The van der Waals surface area contributed by atoms with Gasteiger partial charge in [-0.3, -0.25) is 10.1 Å². The third kappa shape index (κ3) is 1.45. The van der Waals surface area contributed by atoms with Crippen molar-refractivity contribution in [2.24, 2.45) is 0 Å². The molecule has 3 aromatic rings. The smallest absolute Gasteiger partial charge is 0.101 e. The first-order valence-electron chi connectivity index (χ1n) is 5.18. The van der Waals surface area contributed by atoms with Gasteiger partial charge in [-0.25, -0.2) is 0 Å². The Morgan fingerprint density at radius 1 is 1.18 bits per heavy atom. The highest BCUT2D eigenvalue weighted by atomic mass is 15.1. The molecule has 0 amide bonds. The molecule has 0 fully saturated rings. The number of nitrogens with one attached hydrogen (secondary N) is 1. The van der Waals surface area contributed by atoms with Crippen molar-refractivity contribution in [3.05, 3.63) is 48.3 Å². The number of hydrogen-bond acceptors (Lipinski definition) is 3. The Kier molecular flexibility index (Phi) is 2.09. The van der Waals surface area contributed by atoms with E-state index >= 15 is 0 Å². The maximum absolute atomic E-state index is 9.01. The Hall–Kier alpha value is -2.67. The Bertz CT molecular complexity index is 707. The summed E-state index contributed by atoms with van der Waals surface area (Å²) in [7, 11) is 0. The molecule has 4 nitrogen and oxygen atoms in total. The van der Waals surface area contributed by atoms with Crippen molar-refractivity contribution in [2.75, 3.05) is 0 Å². The number of nitriles is 1. The summed E-state index contributed by atoms with van der Waals surface area (Å²) in [5.74, 6) is 0. The molecule has 17 heavy (non-hydrogen) atoms. The van der Waals surface area contributed by atoms with Crippen molar-refractivity contribution in [3.8, 4) is 17.3 Å². The third-order valence-electron chi connectivity index (χ3n) is 2.65. The second-order valence-electron chi connectivity index (χ2n) is 3.65. The second-order valence-corrected chi connectivity index (χ2v) is 3.65. The van der Waals surface area contributed by atoms with Gasteiger partial charge in [-0.1, -0.05) is 12.1 Å². The average Bonchev–Trinajstić information content (AvgIpc) is 2.83. The van der Waals surface area contributed by atoms with Crippen LogP contribution in [0.1, 0.15) is 5.56 Å². The molecule has 0 radical (unpaired) electrons. The number of pyridine rings is 1. The van der Waals surface area contributed by atoms with Gasteiger partial charge in [-0.15, -0.1) is 0 Å². The highest BCUT2D eigenvalue weighted by Crippen LogP contribution is 2.26. The summed E-state index contributed by atoms with van der Waals surface area (Å²) in [6, 6.07) is 11.5. The predicted molar refractivity (Wildman–Crippen MR) is 64.0 cm³/mol. The van der Waals surface area contributed by atoms with Crippen LogP contribution in [0.25, 0.3) is 22.2 Å². The summed E-state index contributed by atoms with van der Waals surface area (Å²) in [6.45, 7) is 0. The van der Waals surface area contributed by atoms with Crippen molar-refractivity contribution in [1.82, 2.24) is 15.2 Å². The molecule has 0 unspecified atom stereocenters. The van der Waals surface area contributed by atoms with Crippen molar-refractivity contribution in [3.63, 3.8) is 0 Å². The molecule has 2 heterocycles. The molecule has 2 aromatic heterocycles. The van der Waals surface area contributed by atoms with Gasteiger partial charge in [0, 0.05) is 23.3 Å². The van der Waals surface area contributed by atoms with Crippen LogP contribution in [0.4, 0.5) is 0 Å². The van der Waals surface area contributed by atoms with Gasteiger partial charge in [0.05, 0.1) is 11.1 Å². The van der Waals surface area contributed by atoms with Crippen LogP contribution in [0.2, 0.25) is 0 Å². The Morgan fingerprint density at radius 3 is 2.88 bits per heavy atom. The van der Waals surface area contributed by atoms with Crippen molar-refractivity contribution in [2.45, 2.75) is 0 Å². The molecule has 1 N–H and O–H groups in total. The standard InChI is InChI=1S/C13H8N4/c14-7-9-3-1-5-11-12(9)16-17-13(11)10-4-2-6-15-8-10/h1-6,8H,(H,16,17). The van der Waals surface area contributed by atoms with E-state index in [-0.39, 0.29) is 0 Å². The Balaban J connectivity index is 2.31. The van der Waals surface area contributed by atoms with Gasteiger partial charge in [-0.05, 0) is 18.2 Å². The summed E-state index contributed by atoms with van der Waals surface area (Å²) in [6.07, 6.45) is 3.48. The predicted octanol–water partition coefficient (Wildman–Crippen LogP) is 2.50. The van der Waals surface area contributed by atoms with Crippen LogP contribution in [-0.4, -0.2) is 15.2 Å². The van der Waals surface area contributed by atoms with E-state index in [9.17, 15) is 0 Å². The van der Waals surface area contributed by atoms with Crippen molar-refractivity contribution in [1.29, 1.82) is 5.26 Å². The van der Waals surface area contributed by atoms with Crippen LogP contribution >= 0.6 is 0 Å². The average molecular weight is 220 g/mol. The van der Waals surface area contributed by atoms with E-state index in [0.29, 0.717) is 5.56 Å². The summed E-state index contributed by atoms with van der Waals surface area (Å²) in [5, 5.41) is 17.1. The van der Waals surface area contributed by atoms with Crippen LogP contribution in [0.3, 0.4) is 0 Å². The number of hydrogen-bond donors (Lipinski definition) is 1. The second kappa shape index (κ2) is 3.72. The molecule has 0 bridgehead atoms. The molecule has 0 aliphatic heterocycles. The summed E-state index contributed by atoms with van der Waals surface area (Å²) >= 11 is 0. The summed E-state index contributed by atoms with van der Waals surface area (Å²) < 4.78 is 0. The molecule has 4 heteroatoms. The van der Waals surface area contributed by atoms with E-state index in [1.54, 1.807) is 18.5 Å². The molecule has 0 saturated carbocycles. The highest BCUT2D eigenvalue weighted by molar-refractivity contribution is 5.95. The van der Waals surface area contributed by atoms with Crippen molar-refractivity contribution >= 4 is 10.9 Å². The lowest BCUT2D eigenvalue weighted by atomic mass is 10.1. The van der Waals surface area contributed by atoms with Gasteiger partial charge in [0.2, 0.25) is 0 Å². The van der Waals surface area contributed by atoms with Crippen LogP contribution in [0.5, 0.6) is 0 Å². The Labute approximate surface area is 97.5 Å². The van der Waals surface area contributed by atoms with E-state index in [1.165, 1.54) is 0 Å². The fourth-order valence-corrected chi connectivity index (χ4v) is 1.86. The topological polar surface area (TPSA) is 65.4 Å². The summed E-state index contributed by atoms with van der Waals surface area (Å²) in [5.41, 5.74) is 3.14. The van der Waals surface area contributed by atoms with E-state index in [2.05, 4.69) is 21.3 Å². The molecule has 1 aromatic carbocycles. The molecule has 3 rings (SSSR count). The lowest BCUT2D eigenvalue weighted by Crippen LogP contribution is -1.80. The van der Waals surface area contributed by atoms with E-state index in [4.69, 9.17) is 5.26 Å². The number of fused-ring (bicyclic) bond motifs is 1. The quantitative estimate of drug-likeness (QED) is 0.685. The van der Waals surface area contributed by atoms with Gasteiger partial charge >= 0.3 is 0 Å². The molecule has 0 spiro atoms. The molecule has 0 aliphatic rings. The van der Waals surface area contributed by atoms with Gasteiger partial charge in [0.15, 0.2) is 0 Å². The molecular formula is C13H8N4. The normalized spacial score (nSPS) is 10.3. The maximum atomic E-state index is 9.01. The first-order valence-corrected chi connectivity index (χ1v) is 5.18. The highest BCUT2D eigenvalue weighted by Gasteiger charge is 2.10. The minimum absolute atomic E-state index is 0.602. The zero-order valence-electron chi connectivity index (χ0n) is 8.88. The van der Waals surface area contributed by atoms with Gasteiger partial charge in [0.25, 0.3) is 0 Å². The molecular weight excluding hydrogens is 212 g/mol. The first kappa shape index (κ1) is 9.55. The zero-order valence-corrected chi connectivity index (χ0v) is 8.88. The number of aromatic amines is 1. The van der Waals surface area contributed by atoms with Crippen LogP contribution in [0, 0.1) is 11.3 Å². The Morgan fingerprint density at radius 2 is 2.12 bits per heavy atom. The van der Waals surface area contributed by atoms with E-state index in [1.807, 2.05) is 24.3 Å². The van der Waals surface area contributed by atoms with E-state index in [0.717, 1.165) is 22.2 Å². The fourth-order valence-electron chi connectivity index (χ4n) is 1.86. The minimum atomic E-state index is 0.602. The number of rotatable bonds is 1. The molecule has 0 saturated heterocycles. The van der Waals surface area contributed by atoms with Gasteiger partial charge in [0.1, 0.15) is 11.8 Å². The lowest BCUT2D eigenvalue weighted by Gasteiger charge is -1.96. The SMILES string of the molecule is N#Cc1cccc2c(-c3cccnc3)n[nH]c12. The molecule has 80 valence electrons. The fraction of sp³-hybridized carbons (Fsp3) is 0. The largest absolute Gasteiger partial charge is 0.276 e. The number of nitrogens with zero attached hydrogens (tertiary/aromatic N) is 3. The minimum Gasteiger partial charge on any atom is -0.276 e. The van der Waals surface area contributed by atoms with Gasteiger partial charge < -0.3 is 0 Å². The monoisotopic (exact) mass is 220 g/mol. The maximum Gasteiger partial charge on any atom is 0.101 e.